The van der Waals surface area contributed by atoms with E-state index in [1.807, 2.05) is 19.0 Å². The minimum atomic E-state index is -0.240. The van der Waals surface area contributed by atoms with Crippen LogP contribution in [-0.4, -0.2) is 42.7 Å². The van der Waals surface area contributed by atoms with Gasteiger partial charge in [0.15, 0.2) is 0 Å². The molecular formula is C15H25N3O2. The van der Waals surface area contributed by atoms with Crippen molar-refractivity contribution < 1.29 is 9.90 Å². The molecule has 0 aromatic carbocycles. The Morgan fingerprint density at radius 2 is 2.05 bits per heavy atom. The zero-order chi connectivity index (χ0) is 15.3. The average Bonchev–Trinajstić information content (AvgIpc) is 2.36. The van der Waals surface area contributed by atoms with Crippen LogP contribution in [0.3, 0.4) is 0 Å². The van der Waals surface area contributed by atoms with Crippen LogP contribution in [0, 0.1) is 5.41 Å². The Kier molecular flexibility index (Phi) is 5.51. The average molecular weight is 279 g/mol. The highest BCUT2D eigenvalue weighted by Gasteiger charge is 2.20. The Morgan fingerprint density at radius 3 is 2.45 bits per heavy atom. The fourth-order valence-electron chi connectivity index (χ4n) is 1.95. The molecule has 5 heteroatoms. The fourth-order valence-corrected chi connectivity index (χ4v) is 1.95. The molecule has 112 valence electrons. The van der Waals surface area contributed by atoms with E-state index in [1.54, 1.807) is 18.3 Å². The second-order valence-corrected chi connectivity index (χ2v) is 6.42. The van der Waals surface area contributed by atoms with E-state index in [1.165, 1.54) is 0 Å². The number of aromatic nitrogens is 1. The van der Waals surface area contributed by atoms with Gasteiger partial charge in [0.2, 0.25) is 0 Å². The first kappa shape index (κ1) is 16.4. The van der Waals surface area contributed by atoms with Crippen molar-refractivity contribution in [1.82, 2.24) is 10.3 Å². The van der Waals surface area contributed by atoms with Crippen molar-refractivity contribution in [3.05, 3.63) is 23.9 Å². The summed E-state index contributed by atoms with van der Waals surface area (Å²) in [6.07, 6.45) is 2.27. The van der Waals surface area contributed by atoms with Crippen molar-refractivity contribution in [2.45, 2.75) is 33.2 Å². The number of aliphatic hydroxyl groups is 1. The quantitative estimate of drug-likeness (QED) is 0.860. The van der Waals surface area contributed by atoms with Gasteiger partial charge in [-0.15, -0.1) is 0 Å². The maximum absolute atomic E-state index is 12.1. The number of hydrogen-bond acceptors (Lipinski definition) is 4. The van der Waals surface area contributed by atoms with Gasteiger partial charge in [0.05, 0.1) is 18.2 Å². The topological polar surface area (TPSA) is 65.5 Å². The molecule has 0 radical (unpaired) electrons. The van der Waals surface area contributed by atoms with Gasteiger partial charge < -0.3 is 15.3 Å². The highest BCUT2D eigenvalue weighted by Crippen LogP contribution is 2.20. The Balaban J connectivity index is 2.69. The highest BCUT2D eigenvalue weighted by molar-refractivity contribution is 5.94. The third kappa shape index (κ3) is 5.17. The monoisotopic (exact) mass is 279 g/mol. The van der Waals surface area contributed by atoms with Crippen molar-refractivity contribution in [3.8, 4) is 0 Å². The van der Waals surface area contributed by atoms with Gasteiger partial charge in [0.25, 0.3) is 5.91 Å². The standard InChI is InChI=1S/C15H25N3O2/c1-15(2,3)8-12(10-19)17-14(20)11-6-7-13(16-9-11)18(4)5/h6-7,9,12,19H,8,10H2,1-5H3,(H,17,20). The zero-order valence-electron chi connectivity index (χ0n) is 13.0. The molecule has 1 heterocycles. The summed E-state index contributed by atoms with van der Waals surface area (Å²) in [7, 11) is 3.79. The first-order valence-corrected chi connectivity index (χ1v) is 6.78. The normalized spacial score (nSPS) is 12.9. The molecule has 1 atom stereocenters. The van der Waals surface area contributed by atoms with E-state index in [4.69, 9.17) is 0 Å². The summed E-state index contributed by atoms with van der Waals surface area (Å²) >= 11 is 0. The molecule has 0 saturated heterocycles. The lowest BCUT2D eigenvalue weighted by molar-refractivity contribution is 0.0897. The van der Waals surface area contributed by atoms with Gasteiger partial charge in [0.1, 0.15) is 5.82 Å². The molecule has 1 amide bonds. The summed E-state index contributed by atoms with van der Waals surface area (Å²) in [4.78, 5) is 18.2. The Hall–Kier alpha value is -1.62. The molecule has 0 saturated carbocycles. The van der Waals surface area contributed by atoms with E-state index in [2.05, 4.69) is 31.1 Å². The van der Waals surface area contributed by atoms with E-state index in [9.17, 15) is 9.90 Å². The highest BCUT2D eigenvalue weighted by atomic mass is 16.3. The van der Waals surface area contributed by atoms with Gasteiger partial charge in [-0.1, -0.05) is 20.8 Å². The molecule has 0 fully saturated rings. The Morgan fingerprint density at radius 1 is 1.40 bits per heavy atom. The fraction of sp³-hybridized carbons (Fsp3) is 0.600. The lowest BCUT2D eigenvalue weighted by Gasteiger charge is -2.25. The lowest BCUT2D eigenvalue weighted by Crippen LogP contribution is -2.40. The lowest BCUT2D eigenvalue weighted by atomic mass is 9.88. The molecule has 1 unspecified atom stereocenters. The van der Waals surface area contributed by atoms with Gasteiger partial charge in [-0.25, -0.2) is 4.98 Å². The van der Waals surface area contributed by atoms with Crippen LogP contribution in [0.15, 0.2) is 18.3 Å². The smallest absolute Gasteiger partial charge is 0.253 e. The molecule has 0 aliphatic heterocycles. The third-order valence-electron chi connectivity index (χ3n) is 2.88. The number of carbonyl (C=O) groups excluding carboxylic acids is 1. The minimum Gasteiger partial charge on any atom is -0.394 e. The van der Waals surface area contributed by atoms with Crippen LogP contribution >= 0.6 is 0 Å². The molecule has 0 bridgehead atoms. The summed E-state index contributed by atoms with van der Waals surface area (Å²) in [6, 6.07) is 3.30. The predicted octanol–water partition coefficient (Wildman–Crippen LogP) is 1.67. The van der Waals surface area contributed by atoms with E-state index in [-0.39, 0.29) is 24.0 Å². The number of anilines is 1. The first-order valence-electron chi connectivity index (χ1n) is 6.78. The van der Waals surface area contributed by atoms with Crippen molar-refractivity contribution >= 4 is 11.7 Å². The van der Waals surface area contributed by atoms with Crippen LogP contribution in [0.4, 0.5) is 5.82 Å². The molecule has 2 N–H and O–H groups in total. The zero-order valence-corrected chi connectivity index (χ0v) is 13.0. The molecule has 20 heavy (non-hydrogen) atoms. The Labute approximate surface area is 121 Å². The van der Waals surface area contributed by atoms with Crippen molar-refractivity contribution in [3.63, 3.8) is 0 Å². The van der Waals surface area contributed by atoms with E-state index in [0.29, 0.717) is 5.56 Å². The molecule has 1 rings (SSSR count). The molecule has 0 aliphatic carbocycles. The second kappa shape index (κ2) is 6.70. The van der Waals surface area contributed by atoms with E-state index < -0.39 is 0 Å². The van der Waals surface area contributed by atoms with Crippen molar-refractivity contribution in [2.75, 3.05) is 25.6 Å². The summed E-state index contributed by atoms with van der Waals surface area (Å²) in [5.41, 5.74) is 0.552. The maximum atomic E-state index is 12.1. The van der Waals surface area contributed by atoms with Crippen molar-refractivity contribution in [2.24, 2.45) is 5.41 Å². The molecule has 0 spiro atoms. The number of rotatable bonds is 5. The summed E-state index contributed by atoms with van der Waals surface area (Å²) < 4.78 is 0. The number of carbonyl (C=O) groups is 1. The second-order valence-electron chi connectivity index (χ2n) is 6.42. The third-order valence-corrected chi connectivity index (χ3v) is 2.88. The van der Waals surface area contributed by atoms with Gasteiger partial charge in [-0.3, -0.25) is 4.79 Å². The van der Waals surface area contributed by atoms with Crippen LogP contribution in [0.25, 0.3) is 0 Å². The maximum Gasteiger partial charge on any atom is 0.253 e. The molecule has 5 nitrogen and oxygen atoms in total. The number of nitrogens with one attached hydrogen (secondary N) is 1. The van der Waals surface area contributed by atoms with E-state index in [0.717, 1.165) is 12.2 Å². The van der Waals surface area contributed by atoms with Crippen LogP contribution in [-0.2, 0) is 0 Å². The number of hydrogen-bond donors (Lipinski definition) is 2. The van der Waals surface area contributed by atoms with Gasteiger partial charge in [0, 0.05) is 20.3 Å². The van der Waals surface area contributed by atoms with Crippen LogP contribution in [0.2, 0.25) is 0 Å². The number of nitrogens with zero attached hydrogens (tertiary/aromatic N) is 2. The number of aliphatic hydroxyl groups excluding tert-OH is 1. The van der Waals surface area contributed by atoms with Crippen molar-refractivity contribution in [1.29, 1.82) is 0 Å². The van der Waals surface area contributed by atoms with Crippen LogP contribution < -0.4 is 10.2 Å². The van der Waals surface area contributed by atoms with Crippen LogP contribution in [0.1, 0.15) is 37.6 Å². The molecule has 1 aromatic heterocycles. The molecular weight excluding hydrogens is 254 g/mol. The largest absolute Gasteiger partial charge is 0.394 e. The summed E-state index contributed by atoms with van der Waals surface area (Å²) in [5, 5.41) is 12.2. The minimum absolute atomic E-state index is 0.0493. The molecule has 1 aromatic rings. The van der Waals surface area contributed by atoms with Gasteiger partial charge in [-0.05, 0) is 24.0 Å². The number of amides is 1. The SMILES string of the molecule is CN(C)c1ccc(C(=O)NC(CO)CC(C)(C)C)cn1. The number of pyridine rings is 1. The summed E-state index contributed by atoms with van der Waals surface area (Å²) in [5.74, 6) is 0.598. The van der Waals surface area contributed by atoms with Gasteiger partial charge >= 0.3 is 0 Å². The van der Waals surface area contributed by atoms with E-state index >= 15 is 0 Å². The Bertz CT molecular complexity index is 435. The molecule has 0 aliphatic rings. The first-order chi connectivity index (χ1) is 9.23. The van der Waals surface area contributed by atoms with Crippen LogP contribution in [0.5, 0.6) is 0 Å². The van der Waals surface area contributed by atoms with Gasteiger partial charge in [-0.2, -0.15) is 0 Å². The predicted molar refractivity (Wildman–Crippen MR) is 81.0 cm³/mol. The summed E-state index contributed by atoms with van der Waals surface area (Å²) in [6.45, 7) is 6.17.